The molecule has 0 unspecified atom stereocenters. The van der Waals surface area contributed by atoms with Crippen molar-refractivity contribution in [3.8, 4) is 5.75 Å². The SMILES string of the molecule is CC(C)c1cccc(NC(N)=NCCNC(=O)c2ccccc2O)c1.I. The Bertz CT molecular complexity index is 763. The topological polar surface area (TPSA) is 99.7 Å². The molecule has 5 N–H and O–H groups in total. The van der Waals surface area contributed by atoms with E-state index in [-0.39, 0.29) is 47.2 Å². The number of halogens is 1. The van der Waals surface area contributed by atoms with Gasteiger partial charge in [0.1, 0.15) is 5.75 Å². The summed E-state index contributed by atoms with van der Waals surface area (Å²) in [6.45, 7) is 4.91. The van der Waals surface area contributed by atoms with E-state index in [9.17, 15) is 9.90 Å². The third kappa shape index (κ3) is 6.55. The molecule has 1 amide bonds. The summed E-state index contributed by atoms with van der Waals surface area (Å²) in [6, 6.07) is 14.4. The van der Waals surface area contributed by atoms with Crippen molar-refractivity contribution in [2.45, 2.75) is 19.8 Å². The van der Waals surface area contributed by atoms with Crippen LogP contribution in [0.5, 0.6) is 5.75 Å². The fourth-order valence-corrected chi connectivity index (χ4v) is 2.27. The Hall–Kier alpha value is -2.29. The largest absolute Gasteiger partial charge is 0.507 e. The van der Waals surface area contributed by atoms with E-state index in [0.717, 1.165) is 5.69 Å². The number of phenols is 1. The van der Waals surface area contributed by atoms with Gasteiger partial charge in [0.25, 0.3) is 5.91 Å². The number of benzene rings is 2. The molecule has 26 heavy (non-hydrogen) atoms. The van der Waals surface area contributed by atoms with E-state index in [1.54, 1.807) is 18.2 Å². The molecule has 0 aliphatic carbocycles. The maximum atomic E-state index is 11.9. The molecule has 0 aliphatic heterocycles. The normalized spacial score (nSPS) is 11.0. The lowest BCUT2D eigenvalue weighted by Crippen LogP contribution is -2.28. The van der Waals surface area contributed by atoms with E-state index in [2.05, 4.69) is 35.5 Å². The van der Waals surface area contributed by atoms with Crippen LogP contribution in [-0.4, -0.2) is 30.1 Å². The third-order valence-corrected chi connectivity index (χ3v) is 3.65. The van der Waals surface area contributed by atoms with E-state index >= 15 is 0 Å². The molecule has 0 atom stereocenters. The summed E-state index contributed by atoms with van der Waals surface area (Å²) in [4.78, 5) is 16.1. The third-order valence-electron chi connectivity index (χ3n) is 3.65. The van der Waals surface area contributed by atoms with E-state index in [4.69, 9.17) is 5.73 Å². The van der Waals surface area contributed by atoms with Crippen molar-refractivity contribution in [3.05, 3.63) is 59.7 Å². The fraction of sp³-hybridized carbons (Fsp3) is 0.263. The van der Waals surface area contributed by atoms with E-state index < -0.39 is 0 Å². The number of nitrogens with two attached hydrogens (primary N) is 1. The Labute approximate surface area is 170 Å². The summed E-state index contributed by atoms with van der Waals surface area (Å²) < 4.78 is 0. The Kier molecular flexibility index (Phi) is 8.91. The molecule has 0 saturated carbocycles. The first-order valence-electron chi connectivity index (χ1n) is 8.20. The predicted octanol–water partition coefficient (Wildman–Crippen LogP) is 3.29. The van der Waals surface area contributed by atoms with Crippen LogP contribution < -0.4 is 16.4 Å². The second-order valence-corrected chi connectivity index (χ2v) is 5.95. The molecule has 2 aromatic rings. The number of nitrogens with one attached hydrogen (secondary N) is 2. The quantitative estimate of drug-likeness (QED) is 0.226. The summed E-state index contributed by atoms with van der Waals surface area (Å²) in [6.07, 6.45) is 0. The number of rotatable bonds is 6. The Morgan fingerprint density at radius 1 is 1.19 bits per heavy atom. The van der Waals surface area contributed by atoms with Gasteiger partial charge in [0.05, 0.1) is 12.1 Å². The first-order chi connectivity index (χ1) is 12.0. The van der Waals surface area contributed by atoms with Gasteiger partial charge in [-0.15, -0.1) is 24.0 Å². The highest BCUT2D eigenvalue weighted by molar-refractivity contribution is 14.0. The number of para-hydroxylation sites is 1. The van der Waals surface area contributed by atoms with Crippen molar-refractivity contribution in [1.29, 1.82) is 0 Å². The zero-order valence-electron chi connectivity index (χ0n) is 14.9. The average molecular weight is 468 g/mol. The molecular weight excluding hydrogens is 443 g/mol. The number of guanidine groups is 1. The van der Waals surface area contributed by atoms with Crippen molar-refractivity contribution in [2.75, 3.05) is 18.4 Å². The van der Waals surface area contributed by atoms with Gasteiger partial charge >= 0.3 is 0 Å². The molecule has 7 heteroatoms. The Morgan fingerprint density at radius 3 is 2.62 bits per heavy atom. The van der Waals surface area contributed by atoms with E-state index in [0.29, 0.717) is 19.0 Å². The molecule has 0 aromatic heterocycles. The van der Waals surface area contributed by atoms with Gasteiger partial charge in [0.2, 0.25) is 0 Å². The lowest BCUT2D eigenvalue weighted by Gasteiger charge is -2.10. The van der Waals surface area contributed by atoms with Gasteiger partial charge in [-0.2, -0.15) is 0 Å². The number of aliphatic imine (C=N–C) groups is 1. The van der Waals surface area contributed by atoms with Gasteiger partial charge in [-0.1, -0.05) is 38.1 Å². The minimum Gasteiger partial charge on any atom is -0.507 e. The molecule has 0 fully saturated rings. The zero-order valence-corrected chi connectivity index (χ0v) is 17.2. The zero-order chi connectivity index (χ0) is 18.2. The van der Waals surface area contributed by atoms with Crippen LogP contribution in [0.3, 0.4) is 0 Å². The lowest BCUT2D eigenvalue weighted by atomic mass is 10.0. The van der Waals surface area contributed by atoms with Crippen LogP contribution in [0.15, 0.2) is 53.5 Å². The van der Waals surface area contributed by atoms with Crippen LogP contribution in [-0.2, 0) is 0 Å². The van der Waals surface area contributed by atoms with Crippen LogP contribution >= 0.6 is 24.0 Å². The second kappa shape index (κ2) is 10.6. The minimum absolute atomic E-state index is 0. The molecule has 6 nitrogen and oxygen atoms in total. The number of amides is 1. The summed E-state index contributed by atoms with van der Waals surface area (Å²) in [5, 5.41) is 15.4. The van der Waals surface area contributed by atoms with Crippen molar-refractivity contribution >= 4 is 41.5 Å². The molecule has 0 bridgehead atoms. The number of carbonyl (C=O) groups excluding carboxylic acids is 1. The molecular formula is C19H25IN4O2. The number of anilines is 1. The Morgan fingerprint density at radius 2 is 1.92 bits per heavy atom. The number of hydrogen-bond acceptors (Lipinski definition) is 3. The first kappa shape index (κ1) is 21.8. The minimum atomic E-state index is -0.343. The molecule has 0 radical (unpaired) electrons. The van der Waals surface area contributed by atoms with Crippen LogP contribution in [0, 0.1) is 0 Å². The summed E-state index contributed by atoms with van der Waals surface area (Å²) in [5.41, 5.74) is 8.20. The van der Waals surface area contributed by atoms with Crippen LogP contribution in [0.2, 0.25) is 0 Å². The van der Waals surface area contributed by atoms with Crippen LogP contribution in [0.4, 0.5) is 5.69 Å². The molecule has 0 spiro atoms. The van der Waals surface area contributed by atoms with Gasteiger partial charge in [-0.3, -0.25) is 9.79 Å². The van der Waals surface area contributed by atoms with Gasteiger partial charge in [0.15, 0.2) is 5.96 Å². The maximum Gasteiger partial charge on any atom is 0.255 e. The highest BCUT2D eigenvalue weighted by Gasteiger charge is 2.08. The van der Waals surface area contributed by atoms with Gasteiger partial charge < -0.3 is 21.5 Å². The number of nitrogens with zero attached hydrogens (tertiary/aromatic N) is 1. The molecule has 0 heterocycles. The van der Waals surface area contributed by atoms with Gasteiger partial charge in [-0.25, -0.2) is 0 Å². The molecule has 2 rings (SSSR count). The Balaban J connectivity index is 0.00000338. The summed E-state index contributed by atoms with van der Waals surface area (Å²) >= 11 is 0. The molecule has 0 saturated heterocycles. The number of phenolic OH excluding ortho intramolecular Hbond substituents is 1. The number of hydrogen-bond donors (Lipinski definition) is 4. The number of aromatic hydroxyl groups is 1. The lowest BCUT2D eigenvalue weighted by molar-refractivity contribution is 0.0952. The van der Waals surface area contributed by atoms with E-state index in [1.165, 1.54) is 11.6 Å². The summed E-state index contributed by atoms with van der Waals surface area (Å²) in [7, 11) is 0. The maximum absolute atomic E-state index is 11.9. The van der Waals surface area contributed by atoms with Crippen LogP contribution in [0.25, 0.3) is 0 Å². The monoisotopic (exact) mass is 468 g/mol. The number of carbonyl (C=O) groups is 1. The molecule has 140 valence electrons. The fourth-order valence-electron chi connectivity index (χ4n) is 2.27. The van der Waals surface area contributed by atoms with Crippen molar-refractivity contribution in [3.63, 3.8) is 0 Å². The standard InChI is InChI=1S/C19H24N4O2.HI/c1-13(2)14-6-5-7-15(12-14)23-19(20)22-11-10-21-18(25)16-8-3-4-9-17(16)24;/h3-9,12-13,24H,10-11H2,1-2H3,(H,21,25)(H3,20,22,23);1H. The second-order valence-electron chi connectivity index (χ2n) is 5.95. The van der Waals surface area contributed by atoms with Crippen molar-refractivity contribution in [1.82, 2.24) is 5.32 Å². The first-order valence-corrected chi connectivity index (χ1v) is 8.20. The van der Waals surface area contributed by atoms with Crippen LogP contribution in [0.1, 0.15) is 35.7 Å². The highest BCUT2D eigenvalue weighted by atomic mass is 127. The molecule has 2 aromatic carbocycles. The predicted molar refractivity (Wildman–Crippen MR) is 116 cm³/mol. The van der Waals surface area contributed by atoms with Crippen molar-refractivity contribution < 1.29 is 9.90 Å². The van der Waals surface area contributed by atoms with E-state index in [1.807, 2.05) is 18.2 Å². The van der Waals surface area contributed by atoms with Gasteiger partial charge in [-0.05, 0) is 35.7 Å². The average Bonchev–Trinajstić information content (AvgIpc) is 2.59. The van der Waals surface area contributed by atoms with Crippen molar-refractivity contribution in [2.24, 2.45) is 10.7 Å². The highest BCUT2D eigenvalue weighted by Crippen LogP contribution is 2.18. The molecule has 0 aliphatic rings. The smallest absolute Gasteiger partial charge is 0.255 e. The van der Waals surface area contributed by atoms with Gasteiger partial charge in [0, 0.05) is 12.2 Å². The summed E-state index contributed by atoms with van der Waals surface area (Å²) in [5.74, 6) is 0.335.